The van der Waals surface area contributed by atoms with Crippen molar-refractivity contribution in [3.63, 3.8) is 0 Å². The summed E-state index contributed by atoms with van der Waals surface area (Å²) >= 11 is 1.01. The number of aryl methyl sites for hydroxylation is 1. The summed E-state index contributed by atoms with van der Waals surface area (Å²) in [6, 6.07) is 13.5. The van der Waals surface area contributed by atoms with Gasteiger partial charge in [0.25, 0.3) is 0 Å². The molecule has 174 valence electrons. The average Bonchev–Trinajstić information content (AvgIpc) is 3.32. The SMILES string of the molecule is O=C(N[C@@H]1CCCc2ccccc21)C1CCC(CNS(=O)(=O)c2cccc3nsnc23)CC1. The van der Waals surface area contributed by atoms with E-state index in [9.17, 15) is 13.2 Å². The van der Waals surface area contributed by atoms with Crippen LogP contribution in [0, 0.1) is 11.8 Å². The van der Waals surface area contributed by atoms with E-state index in [1.807, 2.05) is 6.07 Å². The molecule has 0 radical (unpaired) electrons. The van der Waals surface area contributed by atoms with E-state index >= 15 is 0 Å². The van der Waals surface area contributed by atoms with Gasteiger partial charge in [-0.15, -0.1) is 0 Å². The molecule has 1 saturated carbocycles. The number of hydrogen-bond donors (Lipinski definition) is 2. The number of nitrogens with zero attached hydrogens (tertiary/aromatic N) is 2. The van der Waals surface area contributed by atoms with Crippen molar-refractivity contribution in [3.05, 3.63) is 53.6 Å². The summed E-state index contributed by atoms with van der Waals surface area (Å²) in [6.07, 6.45) is 6.42. The van der Waals surface area contributed by atoms with Crippen molar-refractivity contribution in [1.82, 2.24) is 18.8 Å². The Balaban J connectivity index is 1.14. The van der Waals surface area contributed by atoms with Gasteiger partial charge in [-0.2, -0.15) is 8.75 Å². The molecular weight excluding hydrogens is 456 g/mol. The molecule has 1 heterocycles. The molecule has 0 spiro atoms. The average molecular weight is 485 g/mol. The smallest absolute Gasteiger partial charge is 0.242 e. The van der Waals surface area contributed by atoms with E-state index in [4.69, 9.17) is 0 Å². The van der Waals surface area contributed by atoms with Crippen LogP contribution in [0.15, 0.2) is 47.4 Å². The largest absolute Gasteiger partial charge is 0.349 e. The van der Waals surface area contributed by atoms with Gasteiger partial charge in [0.2, 0.25) is 15.9 Å². The van der Waals surface area contributed by atoms with Crippen LogP contribution in [0.2, 0.25) is 0 Å². The zero-order chi connectivity index (χ0) is 22.8. The number of carbonyl (C=O) groups excluding carboxylic acids is 1. The number of amides is 1. The highest BCUT2D eigenvalue weighted by Gasteiger charge is 2.30. The molecule has 2 aliphatic carbocycles. The lowest BCUT2D eigenvalue weighted by Gasteiger charge is -2.31. The van der Waals surface area contributed by atoms with Crippen molar-refractivity contribution < 1.29 is 13.2 Å². The lowest BCUT2D eigenvalue weighted by molar-refractivity contribution is -0.127. The summed E-state index contributed by atoms with van der Waals surface area (Å²) in [5, 5.41) is 3.29. The van der Waals surface area contributed by atoms with E-state index in [0.717, 1.165) is 56.7 Å². The van der Waals surface area contributed by atoms with Crippen LogP contribution in [0.5, 0.6) is 0 Å². The van der Waals surface area contributed by atoms with Crippen molar-refractivity contribution in [3.8, 4) is 0 Å². The lowest BCUT2D eigenvalue weighted by atomic mass is 9.81. The maximum absolute atomic E-state index is 12.9. The Morgan fingerprint density at radius 1 is 1.00 bits per heavy atom. The maximum atomic E-state index is 12.9. The number of carbonyl (C=O) groups is 1. The van der Waals surface area contributed by atoms with Gasteiger partial charge in [0, 0.05) is 12.5 Å². The predicted octanol–water partition coefficient (Wildman–Crippen LogP) is 3.97. The van der Waals surface area contributed by atoms with Crippen molar-refractivity contribution in [1.29, 1.82) is 0 Å². The monoisotopic (exact) mass is 484 g/mol. The van der Waals surface area contributed by atoms with E-state index in [-0.39, 0.29) is 28.7 Å². The Labute approximate surface area is 198 Å². The van der Waals surface area contributed by atoms with E-state index in [0.29, 0.717) is 17.6 Å². The Bertz CT molecular complexity index is 1250. The molecule has 33 heavy (non-hydrogen) atoms. The highest BCUT2D eigenvalue weighted by Crippen LogP contribution is 2.33. The van der Waals surface area contributed by atoms with Crippen molar-refractivity contribution in [2.24, 2.45) is 11.8 Å². The second kappa shape index (κ2) is 9.48. The Kier molecular flexibility index (Phi) is 6.44. The van der Waals surface area contributed by atoms with Gasteiger partial charge in [0.05, 0.1) is 17.8 Å². The normalized spacial score (nSPS) is 23.2. The summed E-state index contributed by atoms with van der Waals surface area (Å²) < 4.78 is 36.7. The number of aromatic nitrogens is 2. The molecule has 0 saturated heterocycles. The fourth-order valence-electron chi connectivity index (χ4n) is 5.13. The van der Waals surface area contributed by atoms with Crippen LogP contribution in [-0.2, 0) is 21.2 Å². The standard InChI is InChI=1S/C24H28N4O3S2/c29-24(26-20-8-3-6-17-5-1-2-7-19(17)20)18-13-11-16(12-14-18)15-25-33(30,31)22-10-4-9-21-23(22)28-32-27-21/h1-2,4-5,7,9-10,16,18,20,25H,3,6,8,11-15H2,(H,26,29)/t16?,18?,20-/m1/s1. The zero-order valence-corrected chi connectivity index (χ0v) is 20.0. The number of benzene rings is 2. The van der Waals surface area contributed by atoms with E-state index < -0.39 is 10.0 Å². The van der Waals surface area contributed by atoms with Gasteiger partial charge in [0.1, 0.15) is 15.9 Å². The van der Waals surface area contributed by atoms with Gasteiger partial charge in [-0.1, -0.05) is 30.3 Å². The lowest BCUT2D eigenvalue weighted by Crippen LogP contribution is -2.38. The van der Waals surface area contributed by atoms with Crippen LogP contribution in [0.25, 0.3) is 11.0 Å². The van der Waals surface area contributed by atoms with Gasteiger partial charge in [-0.05, 0) is 74.1 Å². The Hall–Kier alpha value is -2.36. The number of nitrogens with one attached hydrogen (secondary N) is 2. The first-order valence-corrected chi connectivity index (χ1v) is 13.8. The molecule has 1 atom stereocenters. The van der Waals surface area contributed by atoms with Crippen LogP contribution in [0.4, 0.5) is 0 Å². The van der Waals surface area contributed by atoms with E-state index in [2.05, 4.69) is 37.0 Å². The fourth-order valence-corrected chi connectivity index (χ4v) is 7.01. The number of fused-ring (bicyclic) bond motifs is 2. The minimum atomic E-state index is -3.66. The first kappa shape index (κ1) is 22.4. The molecule has 0 bridgehead atoms. The number of sulfonamides is 1. The molecule has 9 heteroatoms. The Morgan fingerprint density at radius 2 is 1.82 bits per heavy atom. The van der Waals surface area contributed by atoms with Crippen LogP contribution >= 0.6 is 11.7 Å². The van der Waals surface area contributed by atoms with Gasteiger partial charge in [-0.3, -0.25) is 4.79 Å². The van der Waals surface area contributed by atoms with Gasteiger partial charge >= 0.3 is 0 Å². The van der Waals surface area contributed by atoms with Crippen molar-refractivity contribution >= 4 is 38.7 Å². The van der Waals surface area contributed by atoms with Gasteiger partial charge in [-0.25, -0.2) is 13.1 Å². The Morgan fingerprint density at radius 3 is 2.67 bits per heavy atom. The summed E-state index contributed by atoms with van der Waals surface area (Å²) in [5.41, 5.74) is 3.61. The molecule has 7 nitrogen and oxygen atoms in total. The second-order valence-electron chi connectivity index (χ2n) is 9.11. The van der Waals surface area contributed by atoms with Crippen molar-refractivity contribution in [2.75, 3.05) is 6.54 Å². The summed E-state index contributed by atoms with van der Waals surface area (Å²) in [6.45, 7) is 0.376. The molecule has 2 N–H and O–H groups in total. The minimum Gasteiger partial charge on any atom is -0.349 e. The van der Waals surface area contributed by atoms with Crippen LogP contribution in [-0.4, -0.2) is 29.6 Å². The van der Waals surface area contributed by atoms with Crippen LogP contribution in [0.3, 0.4) is 0 Å². The molecule has 1 fully saturated rings. The molecule has 2 aliphatic rings. The predicted molar refractivity (Wildman–Crippen MR) is 128 cm³/mol. The third-order valence-corrected chi connectivity index (χ3v) is 9.00. The first-order valence-electron chi connectivity index (χ1n) is 11.6. The van der Waals surface area contributed by atoms with Crippen molar-refractivity contribution in [2.45, 2.75) is 55.9 Å². The minimum absolute atomic E-state index is 0.00164. The first-order chi connectivity index (χ1) is 16.0. The molecule has 2 aromatic carbocycles. The molecule has 5 rings (SSSR count). The third-order valence-electron chi connectivity index (χ3n) is 7.00. The summed E-state index contributed by atoms with van der Waals surface area (Å²) in [7, 11) is -3.66. The van der Waals surface area contributed by atoms with E-state index in [1.54, 1.807) is 18.2 Å². The highest BCUT2D eigenvalue weighted by molar-refractivity contribution is 7.89. The maximum Gasteiger partial charge on any atom is 0.242 e. The number of rotatable bonds is 6. The molecule has 0 unspecified atom stereocenters. The second-order valence-corrected chi connectivity index (χ2v) is 11.4. The van der Waals surface area contributed by atoms with Gasteiger partial charge < -0.3 is 5.32 Å². The quantitative estimate of drug-likeness (QED) is 0.551. The number of hydrogen-bond acceptors (Lipinski definition) is 6. The summed E-state index contributed by atoms with van der Waals surface area (Å²) in [5.74, 6) is 0.368. The summed E-state index contributed by atoms with van der Waals surface area (Å²) in [4.78, 5) is 13.1. The van der Waals surface area contributed by atoms with Crippen LogP contribution in [0.1, 0.15) is 55.7 Å². The van der Waals surface area contributed by atoms with Crippen LogP contribution < -0.4 is 10.0 Å². The molecular formula is C24H28N4O3S2. The third kappa shape index (κ3) is 4.81. The van der Waals surface area contributed by atoms with Gasteiger partial charge in [0.15, 0.2) is 0 Å². The molecule has 3 aromatic rings. The topological polar surface area (TPSA) is 101 Å². The highest BCUT2D eigenvalue weighted by atomic mass is 32.2. The molecule has 1 aromatic heterocycles. The zero-order valence-electron chi connectivity index (χ0n) is 18.4. The molecule has 0 aliphatic heterocycles. The van der Waals surface area contributed by atoms with E-state index in [1.165, 1.54) is 11.1 Å². The fraction of sp³-hybridized carbons (Fsp3) is 0.458. The molecule has 1 amide bonds.